The Kier molecular flexibility index (Phi) is 6.65. The van der Waals surface area contributed by atoms with Gasteiger partial charge in [0.25, 0.3) is 0 Å². The average molecular weight is 575 g/mol. The maximum Gasteiger partial charge on any atom is 0.359 e. The first-order valence-electron chi connectivity index (χ1n) is 13.8. The van der Waals surface area contributed by atoms with E-state index in [1.807, 2.05) is 48.5 Å². The SMILES string of the molecule is O=C(OCOC1CCC2(C=C(c3c(-c4c(Cl)cccc4Cl)noc3C3CC3)C2)CC1)c1ccc2ccccc2n1. The number of benzene rings is 2. The van der Waals surface area contributed by atoms with E-state index in [0.717, 1.165) is 78.4 Å². The van der Waals surface area contributed by atoms with Crippen LogP contribution in [-0.4, -0.2) is 29.0 Å². The molecule has 0 aliphatic heterocycles. The number of nitrogens with zero attached hydrogens (tertiary/aromatic N) is 2. The zero-order valence-corrected chi connectivity index (χ0v) is 23.4. The Hall–Kier alpha value is -3.19. The number of para-hydroxylation sites is 1. The predicted molar refractivity (Wildman–Crippen MR) is 154 cm³/mol. The summed E-state index contributed by atoms with van der Waals surface area (Å²) in [5, 5.41) is 6.59. The Morgan fingerprint density at radius 3 is 2.45 bits per heavy atom. The molecule has 8 heteroatoms. The molecule has 40 heavy (non-hydrogen) atoms. The third-order valence-corrected chi connectivity index (χ3v) is 9.07. The van der Waals surface area contributed by atoms with Gasteiger partial charge in [0.15, 0.2) is 6.79 Å². The van der Waals surface area contributed by atoms with Crippen LogP contribution in [0.1, 0.15) is 72.7 Å². The molecule has 0 saturated heterocycles. The van der Waals surface area contributed by atoms with Crippen LogP contribution in [0.4, 0.5) is 0 Å². The first-order chi connectivity index (χ1) is 19.5. The number of aromatic nitrogens is 2. The number of hydrogen-bond acceptors (Lipinski definition) is 6. The Labute approximate surface area is 242 Å². The smallest absolute Gasteiger partial charge is 0.359 e. The molecule has 2 fully saturated rings. The molecule has 0 N–H and O–H groups in total. The van der Waals surface area contributed by atoms with Crippen molar-refractivity contribution >= 4 is 45.6 Å². The van der Waals surface area contributed by atoms with Crippen LogP contribution in [0.3, 0.4) is 0 Å². The van der Waals surface area contributed by atoms with E-state index in [2.05, 4.69) is 16.2 Å². The minimum Gasteiger partial charge on any atom is -0.434 e. The van der Waals surface area contributed by atoms with Crippen molar-refractivity contribution in [1.82, 2.24) is 10.1 Å². The number of carbonyl (C=O) groups is 1. The second-order valence-electron chi connectivity index (χ2n) is 11.2. The van der Waals surface area contributed by atoms with Crippen LogP contribution < -0.4 is 0 Å². The fourth-order valence-corrected chi connectivity index (χ4v) is 6.68. The summed E-state index contributed by atoms with van der Waals surface area (Å²) in [6.45, 7) is -0.0700. The molecule has 0 amide bonds. The van der Waals surface area contributed by atoms with Crippen LogP contribution in [0.2, 0.25) is 10.0 Å². The molecule has 0 radical (unpaired) electrons. The highest BCUT2D eigenvalue weighted by atomic mass is 35.5. The van der Waals surface area contributed by atoms with Gasteiger partial charge in [-0.3, -0.25) is 0 Å². The van der Waals surface area contributed by atoms with Gasteiger partial charge in [-0.15, -0.1) is 0 Å². The molecular weight excluding hydrogens is 547 g/mol. The first kappa shape index (κ1) is 25.8. The van der Waals surface area contributed by atoms with Crippen molar-refractivity contribution < 1.29 is 18.8 Å². The van der Waals surface area contributed by atoms with Crippen molar-refractivity contribution in [3.63, 3.8) is 0 Å². The summed E-state index contributed by atoms with van der Waals surface area (Å²) >= 11 is 13.1. The summed E-state index contributed by atoms with van der Waals surface area (Å²) in [6, 6.07) is 16.8. The van der Waals surface area contributed by atoms with Crippen LogP contribution >= 0.6 is 23.2 Å². The number of hydrogen-bond donors (Lipinski definition) is 0. The van der Waals surface area contributed by atoms with Crippen LogP contribution in [0, 0.1) is 5.41 Å². The maximum absolute atomic E-state index is 12.5. The summed E-state index contributed by atoms with van der Waals surface area (Å²) in [7, 11) is 0. The monoisotopic (exact) mass is 574 g/mol. The minimum absolute atomic E-state index is 0.0653. The number of ether oxygens (including phenoxy) is 2. The van der Waals surface area contributed by atoms with Crippen molar-refractivity contribution in [2.24, 2.45) is 5.41 Å². The van der Waals surface area contributed by atoms with Gasteiger partial charge in [-0.05, 0) is 80.2 Å². The molecule has 2 saturated carbocycles. The van der Waals surface area contributed by atoms with E-state index >= 15 is 0 Å². The third-order valence-electron chi connectivity index (χ3n) is 8.44. The summed E-state index contributed by atoms with van der Waals surface area (Å²) in [5.74, 6) is 0.914. The highest BCUT2D eigenvalue weighted by Crippen LogP contribution is 2.57. The lowest BCUT2D eigenvalue weighted by Gasteiger charge is -2.45. The Morgan fingerprint density at radius 2 is 1.70 bits per heavy atom. The largest absolute Gasteiger partial charge is 0.434 e. The van der Waals surface area contributed by atoms with E-state index in [-0.39, 0.29) is 24.0 Å². The summed E-state index contributed by atoms with van der Waals surface area (Å²) in [5.41, 5.74) is 5.04. The van der Waals surface area contributed by atoms with Gasteiger partial charge in [-0.2, -0.15) is 0 Å². The van der Waals surface area contributed by atoms with Gasteiger partial charge >= 0.3 is 5.97 Å². The lowest BCUT2D eigenvalue weighted by atomic mass is 9.61. The van der Waals surface area contributed by atoms with Crippen molar-refractivity contribution in [3.8, 4) is 11.3 Å². The molecule has 3 aliphatic carbocycles. The second-order valence-corrected chi connectivity index (χ2v) is 12.0. The molecule has 204 valence electrons. The highest BCUT2D eigenvalue weighted by molar-refractivity contribution is 6.39. The number of pyridine rings is 1. The second kappa shape index (κ2) is 10.3. The lowest BCUT2D eigenvalue weighted by Crippen LogP contribution is -2.35. The van der Waals surface area contributed by atoms with E-state index in [1.165, 1.54) is 5.57 Å². The molecule has 0 unspecified atom stereocenters. The van der Waals surface area contributed by atoms with Crippen LogP contribution in [-0.2, 0) is 9.47 Å². The van der Waals surface area contributed by atoms with Crippen LogP contribution in [0.15, 0.2) is 65.2 Å². The Morgan fingerprint density at radius 1 is 0.950 bits per heavy atom. The van der Waals surface area contributed by atoms with Gasteiger partial charge in [0.2, 0.25) is 0 Å². The van der Waals surface area contributed by atoms with Crippen LogP contribution in [0.25, 0.3) is 27.7 Å². The first-order valence-corrected chi connectivity index (χ1v) is 14.6. The fourth-order valence-electron chi connectivity index (χ4n) is 6.10. The standard InChI is InChI=1S/C32H28Cl2N2O4/c33-23-5-3-6-24(34)28(23)29-27(30(40-36-29)20-8-9-20)21-16-32(17-21)14-12-22(13-15-32)38-18-39-31(37)26-11-10-19-4-1-2-7-25(19)35-26/h1-7,10-11,16,20,22H,8-9,12-15,17-18H2. The number of halogens is 2. The fraction of sp³-hybridized carbons (Fsp3) is 0.344. The normalized spacial score (nSPS) is 22.2. The van der Waals surface area contributed by atoms with E-state index in [0.29, 0.717) is 16.0 Å². The summed E-state index contributed by atoms with van der Waals surface area (Å²) < 4.78 is 17.2. The van der Waals surface area contributed by atoms with Crippen molar-refractivity contribution in [1.29, 1.82) is 0 Å². The number of allylic oxidation sites excluding steroid dienone is 2. The minimum atomic E-state index is -0.473. The number of carbonyl (C=O) groups excluding carboxylic acids is 1. The van der Waals surface area contributed by atoms with Crippen molar-refractivity contribution in [3.05, 3.63) is 87.7 Å². The predicted octanol–water partition coefficient (Wildman–Crippen LogP) is 8.62. The molecule has 0 bridgehead atoms. The van der Waals surface area contributed by atoms with E-state index in [4.69, 9.17) is 37.2 Å². The maximum atomic E-state index is 12.5. The summed E-state index contributed by atoms with van der Waals surface area (Å²) in [6.07, 6.45) is 9.56. The molecule has 3 aliphatic rings. The van der Waals surface area contributed by atoms with Gasteiger partial charge in [-0.1, -0.05) is 64.8 Å². The quantitative estimate of drug-likeness (QED) is 0.162. The Bertz CT molecular complexity index is 1610. The van der Waals surface area contributed by atoms with E-state index in [1.54, 1.807) is 6.07 Å². The molecule has 4 aromatic rings. The van der Waals surface area contributed by atoms with Gasteiger partial charge in [-0.25, -0.2) is 9.78 Å². The van der Waals surface area contributed by atoms with Crippen molar-refractivity contribution in [2.75, 3.05) is 6.79 Å². The van der Waals surface area contributed by atoms with Crippen molar-refractivity contribution in [2.45, 2.75) is 57.0 Å². The van der Waals surface area contributed by atoms with E-state index < -0.39 is 5.97 Å². The van der Waals surface area contributed by atoms with Gasteiger partial charge in [0.1, 0.15) is 17.1 Å². The molecular formula is C32H28Cl2N2O4. The number of fused-ring (bicyclic) bond motifs is 1. The van der Waals surface area contributed by atoms with E-state index in [9.17, 15) is 4.79 Å². The molecule has 2 heterocycles. The molecule has 6 nitrogen and oxygen atoms in total. The average Bonchev–Trinajstić information content (AvgIpc) is 3.71. The Balaban J connectivity index is 0.982. The third kappa shape index (κ3) is 4.83. The molecule has 7 rings (SSSR count). The number of esters is 1. The van der Waals surface area contributed by atoms with Gasteiger partial charge in [0.05, 0.1) is 21.7 Å². The highest BCUT2D eigenvalue weighted by Gasteiger charge is 2.44. The van der Waals surface area contributed by atoms with Gasteiger partial charge < -0.3 is 14.0 Å². The van der Waals surface area contributed by atoms with Crippen LogP contribution in [0.5, 0.6) is 0 Å². The summed E-state index contributed by atoms with van der Waals surface area (Å²) in [4.78, 5) is 16.9. The zero-order chi connectivity index (χ0) is 27.3. The molecule has 1 spiro atoms. The zero-order valence-electron chi connectivity index (χ0n) is 21.9. The number of rotatable bonds is 7. The molecule has 0 atom stereocenters. The topological polar surface area (TPSA) is 74.5 Å². The lowest BCUT2D eigenvalue weighted by molar-refractivity contribution is -0.0833. The molecule has 2 aromatic heterocycles. The van der Waals surface area contributed by atoms with Gasteiger partial charge in [0, 0.05) is 22.4 Å². The molecule has 2 aromatic carbocycles.